The lowest BCUT2D eigenvalue weighted by atomic mass is 10.1. The molecule has 0 atom stereocenters. The zero-order chi connectivity index (χ0) is 12.9. The van der Waals surface area contributed by atoms with Gasteiger partial charge in [0, 0.05) is 28.3 Å². The van der Waals surface area contributed by atoms with Gasteiger partial charge in [-0.15, -0.1) is 11.3 Å². The summed E-state index contributed by atoms with van der Waals surface area (Å²) in [5.41, 5.74) is 0.0745. The molecule has 1 heterocycles. The van der Waals surface area contributed by atoms with E-state index in [-0.39, 0.29) is 11.4 Å². The molecule has 1 amide bonds. The molecule has 0 aromatic carbocycles. The molecule has 17 heavy (non-hydrogen) atoms. The molecule has 4 heteroatoms. The highest BCUT2D eigenvalue weighted by Gasteiger charge is 2.09. The molecule has 0 unspecified atom stereocenters. The van der Waals surface area contributed by atoms with Crippen LogP contribution in [0.3, 0.4) is 0 Å². The van der Waals surface area contributed by atoms with Crippen molar-refractivity contribution in [1.29, 1.82) is 0 Å². The van der Waals surface area contributed by atoms with Crippen molar-refractivity contribution >= 4 is 17.2 Å². The second-order valence-corrected chi connectivity index (χ2v) is 6.59. The van der Waals surface area contributed by atoms with Gasteiger partial charge in [0.05, 0.1) is 6.54 Å². The lowest BCUT2D eigenvalue weighted by molar-refractivity contribution is -0.121. The van der Waals surface area contributed by atoms with Crippen LogP contribution in [0.2, 0.25) is 0 Å². The molecule has 2 N–H and O–H groups in total. The minimum absolute atomic E-state index is 0.0745. The molecule has 1 aromatic heterocycles. The van der Waals surface area contributed by atoms with Gasteiger partial charge in [-0.3, -0.25) is 4.79 Å². The minimum atomic E-state index is 0.0745. The number of thiophene rings is 1. The predicted molar refractivity (Wildman–Crippen MR) is 73.3 cm³/mol. The maximum atomic E-state index is 11.6. The number of aryl methyl sites for hydroxylation is 1. The Labute approximate surface area is 108 Å². The van der Waals surface area contributed by atoms with Crippen LogP contribution < -0.4 is 10.6 Å². The van der Waals surface area contributed by atoms with E-state index in [9.17, 15) is 4.79 Å². The van der Waals surface area contributed by atoms with Crippen LogP contribution in [0.25, 0.3) is 0 Å². The number of rotatable bonds is 5. The third-order valence-electron chi connectivity index (χ3n) is 2.26. The average molecular weight is 254 g/mol. The smallest absolute Gasteiger partial charge is 0.221 e. The molecule has 0 aliphatic heterocycles. The molecule has 3 nitrogen and oxygen atoms in total. The summed E-state index contributed by atoms with van der Waals surface area (Å²) in [6, 6.07) is 4.14. The van der Waals surface area contributed by atoms with Gasteiger partial charge in [-0.25, -0.2) is 0 Å². The van der Waals surface area contributed by atoms with Crippen molar-refractivity contribution in [1.82, 2.24) is 10.6 Å². The Kier molecular flexibility index (Phi) is 5.15. The van der Waals surface area contributed by atoms with Gasteiger partial charge in [0.2, 0.25) is 5.91 Å². The topological polar surface area (TPSA) is 41.1 Å². The molecule has 96 valence electrons. The van der Waals surface area contributed by atoms with Crippen molar-refractivity contribution in [2.75, 3.05) is 6.54 Å². The quantitative estimate of drug-likeness (QED) is 0.847. The summed E-state index contributed by atoms with van der Waals surface area (Å²) < 4.78 is 0. The van der Waals surface area contributed by atoms with Crippen LogP contribution in [0, 0.1) is 6.92 Å². The standard InChI is InChI=1S/C13H22N2OS/c1-10-5-6-11(17-10)9-14-12(16)7-8-15-13(2,3)4/h5-6,15H,7-9H2,1-4H3,(H,14,16). The second-order valence-electron chi connectivity index (χ2n) is 5.22. The number of hydrogen-bond acceptors (Lipinski definition) is 3. The fourth-order valence-electron chi connectivity index (χ4n) is 1.41. The molecule has 0 bridgehead atoms. The first kappa shape index (κ1) is 14.2. The molecule has 0 saturated carbocycles. The summed E-state index contributed by atoms with van der Waals surface area (Å²) in [5.74, 6) is 0.104. The Morgan fingerprint density at radius 3 is 2.59 bits per heavy atom. The minimum Gasteiger partial charge on any atom is -0.351 e. The highest BCUT2D eigenvalue weighted by Crippen LogP contribution is 2.14. The molecule has 0 aliphatic carbocycles. The summed E-state index contributed by atoms with van der Waals surface area (Å²) in [5, 5.41) is 6.23. The molecule has 0 fully saturated rings. The van der Waals surface area contributed by atoms with E-state index in [2.05, 4.69) is 50.5 Å². The normalized spacial score (nSPS) is 11.5. The van der Waals surface area contributed by atoms with Crippen molar-refractivity contribution < 1.29 is 4.79 Å². The molecular formula is C13H22N2OS. The van der Waals surface area contributed by atoms with E-state index in [4.69, 9.17) is 0 Å². The van der Waals surface area contributed by atoms with Crippen molar-refractivity contribution in [3.05, 3.63) is 21.9 Å². The Hall–Kier alpha value is -0.870. The third-order valence-corrected chi connectivity index (χ3v) is 3.26. The van der Waals surface area contributed by atoms with E-state index < -0.39 is 0 Å². The average Bonchev–Trinajstić information content (AvgIpc) is 2.59. The first-order valence-electron chi connectivity index (χ1n) is 5.94. The maximum Gasteiger partial charge on any atom is 0.221 e. The Morgan fingerprint density at radius 1 is 1.35 bits per heavy atom. The van der Waals surface area contributed by atoms with Gasteiger partial charge in [0.1, 0.15) is 0 Å². The highest BCUT2D eigenvalue weighted by molar-refractivity contribution is 7.11. The van der Waals surface area contributed by atoms with Crippen LogP contribution in [-0.2, 0) is 11.3 Å². The number of amides is 1. The molecular weight excluding hydrogens is 232 g/mol. The van der Waals surface area contributed by atoms with Crippen LogP contribution in [0.15, 0.2) is 12.1 Å². The van der Waals surface area contributed by atoms with Crippen LogP contribution in [0.1, 0.15) is 36.9 Å². The fourth-order valence-corrected chi connectivity index (χ4v) is 2.24. The van der Waals surface area contributed by atoms with Gasteiger partial charge in [0.15, 0.2) is 0 Å². The van der Waals surface area contributed by atoms with Crippen LogP contribution in [0.5, 0.6) is 0 Å². The van der Waals surface area contributed by atoms with E-state index in [0.717, 1.165) is 6.54 Å². The highest BCUT2D eigenvalue weighted by atomic mass is 32.1. The lowest BCUT2D eigenvalue weighted by Gasteiger charge is -2.20. The van der Waals surface area contributed by atoms with Gasteiger partial charge in [0.25, 0.3) is 0 Å². The Balaban J connectivity index is 2.18. The Morgan fingerprint density at radius 2 is 2.06 bits per heavy atom. The second kappa shape index (κ2) is 6.17. The van der Waals surface area contributed by atoms with Crippen molar-refractivity contribution in [3.63, 3.8) is 0 Å². The fraction of sp³-hybridized carbons (Fsp3) is 0.615. The van der Waals surface area contributed by atoms with Crippen LogP contribution >= 0.6 is 11.3 Å². The van der Waals surface area contributed by atoms with Crippen LogP contribution in [-0.4, -0.2) is 18.0 Å². The number of carbonyl (C=O) groups excluding carboxylic acids is 1. The largest absolute Gasteiger partial charge is 0.351 e. The van der Waals surface area contributed by atoms with Gasteiger partial charge >= 0.3 is 0 Å². The molecule has 0 radical (unpaired) electrons. The summed E-state index contributed by atoms with van der Waals surface area (Å²) in [6.45, 7) is 9.73. The van der Waals surface area contributed by atoms with E-state index in [0.29, 0.717) is 13.0 Å². The SMILES string of the molecule is Cc1ccc(CNC(=O)CCNC(C)(C)C)s1. The summed E-state index contributed by atoms with van der Waals surface area (Å²) in [7, 11) is 0. The molecule has 0 spiro atoms. The number of nitrogens with one attached hydrogen (secondary N) is 2. The van der Waals surface area contributed by atoms with Gasteiger partial charge in [-0.1, -0.05) is 0 Å². The lowest BCUT2D eigenvalue weighted by Crippen LogP contribution is -2.38. The van der Waals surface area contributed by atoms with E-state index in [1.165, 1.54) is 9.75 Å². The van der Waals surface area contributed by atoms with E-state index >= 15 is 0 Å². The van der Waals surface area contributed by atoms with E-state index in [1.54, 1.807) is 11.3 Å². The monoisotopic (exact) mass is 254 g/mol. The van der Waals surface area contributed by atoms with Crippen LogP contribution in [0.4, 0.5) is 0 Å². The van der Waals surface area contributed by atoms with Gasteiger partial charge in [-0.05, 0) is 39.8 Å². The van der Waals surface area contributed by atoms with E-state index in [1.807, 2.05) is 0 Å². The summed E-state index contributed by atoms with van der Waals surface area (Å²) >= 11 is 1.73. The molecule has 1 rings (SSSR count). The zero-order valence-corrected chi connectivity index (χ0v) is 11.9. The Bertz CT molecular complexity index is 366. The maximum absolute atomic E-state index is 11.6. The first-order valence-corrected chi connectivity index (χ1v) is 6.75. The molecule has 0 aliphatic rings. The number of hydrogen-bond donors (Lipinski definition) is 2. The molecule has 0 saturated heterocycles. The molecule has 1 aromatic rings. The first-order chi connectivity index (χ1) is 7.87. The third kappa shape index (κ3) is 6.44. The number of carbonyl (C=O) groups is 1. The predicted octanol–water partition coefficient (Wildman–Crippen LogP) is 2.45. The summed E-state index contributed by atoms with van der Waals surface area (Å²) in [4.78, 5) is 14.1. The van der Waals surface area contributed by atoms with Gasteiger partial charge in [-0.2, -0.15) is 0 Å². The van der Waals surface area contributed by atoms with Gasteiger partial charge < -0.3 is 10.6 Å². The van der Waals surface area contributed by atoms with Crippen molar-refractivity contribution in [2.24, 2.45) is 0 Å². The summed E-state index contributed by atoms with van der Waals surface area (Å²) in [6.07, 6.45) is 0.529. The van der Waals surface area contributed by atoms with Crippen molar-refractivity contribution in [2.45, 2.75) is 46.2 Å². The zero-order valence-electron chi connectivity index (χ0n) is 11.1. The van der Waals surface area contributed by atoms with Crippen molar-refractivity contribution in [3.8, 4) is 0 Å².